The Kier molecular flexibility index (Phi) is 4.60. The number of carbonyl (C=O) groups is 2. The number of aliphatic hydroxyl groups excluding tert-OH is 1. The molecular formula is C23H28O5. The molecule has 2 bridgehead atoms. The molecule has 0 aromatic carbocycles. The summed E-state index contributed by atoms with van der Waals surface area (Å²) in [6.45, 7) is 7.78. The average Bonchev–Trinajstić information content (AvgIpc) is 3.34. The Morgan fingerprint density at radius 1 is 1.18 bits per heavy atom. The van der Waals surface area contributed by atoms with Crippen LogP contribution in [0, 0.1) is 23.7 Å². The van der Waals surface area contributed by atoms with Crippen molar-refractivity contribution in [2.24, 2.45) is 23.7 Å². The number of Topliss-reactive ketones (excluding diaryl/α,β-unsaturated/α-hetero) is 2. The zero-order valence-electron chi connectivity index (χ0n) is 17.0. The van der Waals surface area contributed by atoms with E-state index in [0.717, 1.165) is 5.57 Å². The number of carbonyl (C=O) groups excluding carboxylic acids is 2. The highest BCUT2D eigenvalue weighted by Crippen LogP contribution is 2.50. The van der Waals surface area contributed by atoms with Crippen molar-refractivity contribution in [3.8, 4) is 0 Å². The molecule has 4 rings (SSSR count). The van der Waals surface area contributed by atoms with Crippen molar-refractivity contribution < 1.29 is 24.2 Å². The maximum atomic E-state index is 13.7. The molecular weight excluding hydrogens is 356 g/mol. The van der Waals surface area contributed by atoms with Gasteiger partial charge in [-0.15, -0.1) is 0 Å². The minimum Gasteiger partial charge on any atom is -0.392 e. The van der Waals surface area contributed by atoms with Crippen LogP contribution in [0.4, 0.5) is 0 Å². The number of fused-ring (bicyclic) bond motifs is 6. The van der Waals surface area contributed by atoms with Gasteiger partial charge in [0.05, 0.1) is 17.6 Å². The van der Waals surface area contributed by atoms with E-state index in [-0.39, 0.29) is 29.5 Å². The number of allylic oxidation sites excluding steroid dienone is 3. The third kappa shape index (κ3) is 2.88. The van der Waals surface area contributed by atoms with E-state index in [0.29, 0.717) is 11.1 Å². The van der Waals surface area contributed by atoms with Gasteiger partial charge < -0.3 is 14.6 Å². The van der Waals surface area contributed by atoms with Crippen LogP contribution in [0.5, 0.6) is 0 Å². The van der Waals surface area contributed by atoms with Gasteiger partial charge in [0.25, 0.3) is 0 Å². The number of ether oxygens (including phenoxy) is 2. The van der Waals surface area contributed by atoms with E-state index in [9.17, 15) is 14.7 Å². The molecule has 3 aliphatic carbocycles. The van der Waals surface area contributed by atoms with Crippen LogP contribution < -0.4 is 0 Å². The smallest absolute Gasteiger partial charge is 0.190 e. The summed E-state index contributed by atoms with van der Waals surface area (Å²) < 4.78 is 11.3. The Balaban J connectivity index is 1.88. The second kappa shape index (κ2) is 6.61. The summed E-state index contributed by atoms with van der Waals surface area (Å²) in [7, 11) is 1.61. The maximum absolute atomic E-state index is 13.7. The number of rotatable bonds is 3. The van der Waals surface area contributed by atoms with Crippen LogP contribution in [-0.2, 0) is 19.1 Å². The zero-order chi connectivity index (χ0) is 20.4. The molecule has 4 aliphatic rings. The minimum atomic E-state index is -0.711. The molecule has 1 unspecified atom stereocenters. The highest BCUT2D eigenvalue weighted by molar-refractivity contribution is 6.12. The number of epoxide rings is 1. The summed E-state index contributed by atoms with van der Waals surface area (Å²) in [4.78, 5) is 26.8. The number of hydrogen-bond acceptors (Lipinski definition) is 5. The normalized spacial score (nSPS) is 40.4. The number of methoxy groups -OCH3 is 1. The lowest BCUT2D eigenvalue weighted by molar-refractivity contribution is -0.126. The molecule has 0 amide bonds. The van der Waals surface area contributed by atoms with Gasteiger partial charge in [0, 0.05) is 36.0 Å². The second-order valence-electron chi connectivity index (χ2n) is 9.03. The molecule has 1 heterocycles. The Hall–Kier alpha value is -1.82. The number of hydrogen-bond donors (Lipinski definition) is 1. The molecule has 1 aliphatic heterocycles. The van der Waals surface area contributed by atoms with Crippen molar-refractivity contribution in [2.75, 3.05) is 7.11 Å². The van der Waals surface area contributed by atoms with E-state index in [2.05, 4.69) is 0 Å². The van der Waals surface area contributed by atoms with Crippen LogP contribution in [0.3, 0.4) is 0 Å². The molecule has 1 saturated heterocycles. The summed E-state index contributed by atoms with van der Waals surface area (Å²) in [5.41, 5.74) is 1.50. The lowest BCUT2D eigenvalue weighted by atomic mass is 9.65. The van der Waals surface area contributed by atoms with Crippen molar-refractivity contribution in [3.05, 3.63) is 47.1 Å². The topological polar surface area (TPSA) is 76.1 Å². The van der Waals surface area contributed by atoms with E-state index in [1.54, 1.807) is 7.11 Å². The molecule has 5 heteroatoms. The van der Waals surface area contributed by atoms with E-state index in [1.165, 1.54) is 0 Å². The monoisotopic (exact) mass is 384 g/mol. The Morgan fingerprint density at radius 2 is 1.86 bits per heavy atom. The van der Waals surface area contributed by atoms with Gasteiger partial charge in [-0.2, -0.15) is 0 Å². The van der Waals surface area contributed by atoms with Crippen LogP contribution in [0.25, 0.3) is 0 Å². The largest absolute Gasteiger partial charge is 0.392 e. The third-order valence-electron chi connectivity index (χ3n) is 6.63. The fraction of sp³-hybridized carbons (Fsp3) is 0.565. The Morgan fingerprint density at radius 3 is 2.50 bits per heavy atom. The first-order valence-corrected chi connectivity index (χ1v) is 9.89. The maximum Gasteiger partial charge on any atom is 0.190 e. The van der Waals surface area contributed by atoms with Gasteiger partial charge in [-0.05, 0) is 27.7 Å². The molecule has 5 nitrogen and oxygen atoms in total. The van der Waals surface area contributed by atoms with Gasteiger partial charge in [0.15, 0.2) is 11.6 Å². The zero-order valence-corrected chi connectivity index (χ0v) is 17.0. The standard InChI is InChI=1S/C23H28O5/c1-11(2)6-7-12-16(23(3,4)27-5)10-15-17(19(12)25)13-8-9-14(18(13)24)21-22(28-21)20(15)26/h6-10,13-14,16-18,21-22,24H,1-5H3/b12-7-/t13-,14?,16+,17+,18+,21-,22+/m0/s1. The van der Waals surface area contributed by atoms with Crippen molar-refractivity contribution in [1.82, 2.24) is 0 Å². The van der Waals surface area contributed by atoms with Crippen molar-refractivity contribution >= 4 is 11.6 Å². The van der Waals surface area contributed by atoms with E-state index >= 15 is 0 Å². The summed E-state index contributed by atoms with van der Waals surface area (Å²) in [5, 5.41) is 10.8. The molecule has 2 fully saturated rings. The van der Waals surface area contributed by atoms with Crippen LogP contribution in [0.1, 0.15) is 27.7 Å². The fourth-order valence-corrected chi connectivity index (χ4v) is 4.75. The molecule has 0 aromatic heterocycles. The quantitative estimate of drug-likeness (QED) is 0.460. The molecule has 28 heavy (non-hydrogen) atoms. The van der Waals surface area contributed by atoms with Crippen molar-refractivity contribution in [1.29, 1.82) is 0 Å². The predicted molar refractivity (Wildman–Crippen MR) is 104 cm³/mol. The van der Waals surface area contributed by atoms with E-state index < -0.39 is 29.6 Å². The highest BCUT2D eigenvalue weighted by Gasteiger charge is 2.60. The fourth-order valence-electron chi connectivity index (χ4n) is 4.75. The molecule has 0 spiro atoms. The van der Waals surface area contributed by atoms with Crippen molar-refractivity contribution in [3.63, 3.8) is 0 Å². The summed E-state index contributed by atoms with van der Waals surface area (Å²) >= 11 is 0. The van der Waals surface area contributed by atoms with Gasteiger partial charge in [0.1, 0.15) is 12.2 Å². The first-order chi connectivity index (χ1) is 13.2. The molecule has 0 radical (unpaired) electrons. The van der Waals surface area contributed by atoms with Gasteiger partial charge in [-0.25, -0.2) is 0 Å². The second-order valence-corrected chi connectivity index (χ2v) is 9.03. The highest BCUT2D eigenvalue weighted by atomic mass is 16.6. The van der Waals surface area contributed by atoms with Crippen LogP contribution in [0.2, 0.25) is 0 Å². The lowest BCUT2D eigenvalue weighted by Gasteiger charge is -2.40. The predicted octanol–water partition coefficient (Wildman–Crippen LogP) is 2.56. The first-order valence-electron chi connectivity index (χ1n) is 9.89. The summed E-state index contributed by atoms with van der Waals surface area (Å²) in [6, 6.07) is 0. The number of aliphatic hydroxyl groups is 1. The summed E-state index contributed by atoms with van der Waals surface area (Å²) in [6.07, 6.45) is 7.91. The Bertz CT molecular complexity index is 839. The SMILES string of the molecule is COC(C)(C)[C@@H]1C=C2C(=O)[C@H]3O[C@H]3C3C=C[C@@H]([C@H]2C(=O)/C1=C\C=C(C)C)[C@H]3O. The minimum absolute atomic E-state index is 0.105. The van der Waals surface area contributed by atoms with Gasteiger partial charge in [0.2, 0.25) is 0 Å². The molecule has 1 saturated carbocycles. The Labute approximate surface area is 165 Å². The summed E-state index contributed by atoms with van der Waals surface area (Å²) in [5.74, 6) is -1.87. The van der Waals surface area contributed by atoms with Crippen LogP contribution in [-0.4, -0.2) is 47.7 Å². The third-order valence-corrected chi connectivity index (χ3v) is 6.63. The van der Waals surface area contributed by atoms with E-state index in [4.69, 9.17) is 9.47 Å². The first kappa shape index (κ1) is 19.5. The van der Waals surface area contributed by atoms with Crippen molar-refractivity contribution in [2.45, 2.75) is 51.6 Å². The molecule has 150 valence electrons. The average molecular weight is 384 g/mol. The lowest BCUT2D eigenvalue weighted by Crippen LogP contribution is -2.47. The van der Waals surface area contributed by atoms with Crippen LogP contribution in [0.15, 0.2) is 47.1 Å². The number of ketones is 2. The van der Waals surface area contributed by atoms with Gasteiger partial charge in [-0.1, -0.05) is 36.0 Å². The van der Waals surface area contributed by atoms with Gasteiger partial charge in [-0.3, -0.25) is 9.59 Å². The van der Waals surface area contributed by atoms with Crippen LogP contribution >= 0.6 is 0 Å². The molecule has 7 atom stereocenters. The van der Waals surface area contributed by atoms with Gasteiger partial charge >= 0.3 is 0 Å². The molecule has 0 aromatic rings. The van der Waals surface area contributed by atoms with E-state index in [1.807, 2.05) is 58.1 Å². The molecule has 1 N–H and O–H groups in total.